The smallest absolute Gasteiger partial charge is 0.338 e. The molecule has 0 amide bonds. The first-order valence-electron chi connectivity index (χ1n) is 22.4. The van der Waals surface area contributed by atoms with Crippen LogP contribution in [0.3, 0.4) is 0 Å². The predicted octanol–water partition coefficient (Wildman–Crippen LogP) is 8.27. The SMILES string of the molecule is C=CC(=O)CC(Cc1ccccc1)C(=O)OCC(C)=O.C=CC(=O)CCC(=O)OCC(C)=O.C=CC(=O)CCc1ccc(C(=O)OCC(C)=O)cc1.C=Cc1ccc(C(=O)OCC(=O)c2ccccc2)cc1. The minimum atomic E-state index is -0.595. The van der Waals surface area contributed by atoms with E-state index in [-0.39, 0.29) is 86.2 Å². The molecule has 0 aliphatic heterocycles. The quantitative estimate of drug-likeness (QED) is 0.0250. The molecular formula is C57H60O15. The fourth-order valence-corrected chi connectivity index (χ4v) is 5.44. The Morgan fingerprint density at radius 1 is 0.458 bits per heavy atom. The third-order valence-electron chi connectivity index (χ3n) is 9.29. The van der Waals surface area contributed by atoms with Gasteiger partial charge in [-0.15, -0.1) is 0 Å². The summed E-state index contributed by atoms with van der Waals surface area (Å²) in [5.74, 6) is -4.00. The summed E-state index contributed by atoms with van der Waals surface area (Å²) in [4.78, 5) is 123. The van der Waals surface area contributed by atoms with Gasteiger partial charge in [-0.2, -0.15) is 0 Å². The number of ether oxygens (including phenoxy) is 4. The summed E-state index contributed by atoms with van der Waals surface area (Å²) in [6, 6.07) is 31.7. The number of aryl methyl sites for hydroxylation is 1. The molecule has 0 radical (unpaired) electrons. The maximum atomic E-state index is 11.9. The molecule has 0 heterocycles. The molecule has 4 aromatic rings. The second-order valence-corrected chi connectivity index (χ2v) is 15.4. The van der Waals surface area contributed by atoms with Crippen LogP contribution in [-0.4, -0.2) is 90.8 Å². The van der Waals surface area contributed by atoms with Crippen LogP contribution in [0.5, 0.6) is 0 Å². The lowest BCUT2D eigenvalue weighted by Gasteiger charge is -2.14. The van der Waals surface area contributed by atoms with Gasteiger partial charge >= 0.3 is 23.9 Å². The van der Waals surface area contributed by atoms with Gasteiger partial charge in [0.1, 0.15) is 19.8 Å². The summed E-state index contributed by atoms with van der Waals surface area (Å²) in [6.07, 6.45) is 6.85. The van der Waals surface area contributed by atoms with Crippen LogP contribution in [0.25, 0.3) is 6.08 Å². The maximum absolute atomic E-state index is 11.9. The van der Waals surface area contributed by atoms with Gasteiger partial charge in [-0.1, -0.05) is 117 Å². The van der Waals surface area contributed by atoms with E-state index in [0.717, 1.165) is 22.8 Å². The Bertz CT molecular complexity index is 2500. The van der Waals surface area contributed by atoms with E-state index in [0.29, 0.717) is 36.0 Å². The number of Topliss-reactive ketones (excluding diaryl/α,β-unsaturated/α-hetero) is 4. The summed E-state index contributed by atoms with van der Waals surface area (Å²) in [6.45, 7) is 16.8. The van der Waals surface area contributed by atoms with Crippen molar-refractivity contribution in [3.8, 4) is 0 Å². The maximum Gasteiger partial charge on any atom is 0.338 e. The van der Waals surface area contributed by atoms with Crippen LogP contribution in [0.4, 0.5) is 0 Å². The second-order valence-electron chi connectivity index (χ2n) is 15.4. The average Bonchev–Trinajstić information content (AvgIpc) is 3.39. The zero-order valence-electron chi connectivity index (χ0n) is 40.8. The Morgan fingerprint density at radius 2 is 0.917 bits per heavy atom. The molecule has 1 atom stereocenters. The van der Waals surface area contributed by atoms with E-state index in [1.165, 1.54) is 32.9 Å². The van der Waals surface area contributed by atoms with Gasteiger partial charge in [0, 0.05) is 24.8 Å². The summed E-state index contributed by atoms with van der Waals surface area (Å²) < 4.78 is 19.2. The molecular weight excluding hydrogens is 925 g/mol. The van der Waals surface area contributed by atoms with Crippen LogP contribution >= 0.6 is 0 Å². The first-order chi connectivity index (χ1) is 34.3. The number of hydrogen-bond donors (Lipinski definition) is 0. The molecule has 0 bridgehead atoms. The average molecular weight is 985 g/mol. The van der Waals surface area contributed by atoms with Gasteiger partial charge in [0.15, 0.2) is 47.1 Å². The van der Waals surface area contributed by atoms with Crippen LogP contribution in [0, 0.1) is 5.92 Å². The second kappa shape index (κ2) is 35.5. The minimum Gasteiger partial charge on any atom is -0.458 e. The molecule has 0 fully saturated rings. The topological polar surface area (TPSA) is 225 Å². The number of benzene rings is 4. The number of carbonyl (C=O) groups excluding carboxylic acids is 11. The molecule has 378 valence electrons. The van der Waals surface area contributed by atoms with Crippen molar-refractivity contribution in [3.63, 3.8) is 0 Å². The van der Waals surface area contributed by atoms with Crippen molar-refractivity contribution in [2.45, 2.75) is 59.3 Å². The highest BCUT2D eigenvalue weighted by molar-refractivity contribution is 5.99. The van der Waals surface area contributed by atoms with Gasteiger partial charge in [0.25, 0.3) is 0 Å². The fourth-order valence-electron chi connectivity index (χ4n) is 5.44. The number of hydrogen-bond acceptors (Lipinski definition) is 15. The van der Waals surface area contributed by atoms with E-state index in [4.69, 9.17) is 14.2 Å². The van der Waals surface area contributed by atoms with Crippen molar-refractivity contribution >= 4 is 70.4 Å². The van der Waals surface area contributed by atoms with E-state index in [1.807, 2.05) is 36.4 Å². The van der Waals surface area contributed by atoms with Crippen LogP contribution < -0.4 is 0 Å². The molecule has 0 aliphatic carbocycles. The van der Waals surface area contributed by atoms with Gasteiger partial charge in [0.2, 0.25) is 0 Å². The number of allylic oxidation sites excluding steroid dienone is 3. The first kappa shape index (κ1) is 61.4. The molecule has 1 unspecified atom stereocenters. The molecule has 0 N–H and O–H groups in total. The normalized spacial score (nSPS) is 10.1. The van der Waals surface area contributed by atoms with Gasteiger partial charge in [-0.25, -0.2) is 9.59 Å². The van der Waals surface area contributed by atoms with Gasteiger partial charge < -0.3 is 18.9 Å². The highest BCUT2D eigenvalue weighted by Crippen LogP contribution is 2.16. The lowest BCUT2D eigenvalue weighted by Crippen LogP contribution is -2.24. The molecule has 0 saturated carbocycles. The summed E-state index contributed by atoms with van der Waals surface area (Å²) in [5.41, 5.74) is 4.15. The largest absolute Gasteiger partial charge is 0.458 e. The van der Waals surface area contributed by atoms with E-state index in [1.54, 1.807) is 78.9 Å². The number of esters is 4. The van der Waals surface area contributed by atoms with Gasteiger partial charge in [-0.3, -0.25) is 43.2 Å². The van der Waals surface area contributed by atoms with Crippen LogP contribution in [-0.2, 0) is 70.1 Å². The van der Waals surface area contributed by atoms with Crippen LogP contribution in [0.1, 0.15) is 94.2 Å². The molecule has 15 heteroatoms. The monoisotopic (exact) mass is 984 g/mol. The first-order valence-corrected chi connectivity index (χ1v) is 22.4. The van der Waals surface area contributed by atoms with Gasteiger partial charge in [-0.05, 0) is 92.8 Å². The predicted molar refractivity (Wildman–Crippen MR) is 270 cm³/mol. The van der Waals surface area contributed by atoms with Crippen molar-refractivity contribution in [2.24, 2.45) is 5.92 Å². The molecule has 0 spiro atoms. The molecule has 4 rings (SSSR count). The van der Waals surface area contributed by atoms with E-state index >= 15 is 0 Å². The lowest BCUT2D eigenvalue weighted by atomic mass is 9.94. The Labute approximate surface area is 419 Å². The number of carbonyl (C=O) groups is 11. The van der Waals surface area contributed by atoms with Crippen LogP contribution in [0.2, 0.25) is 0 Å². The van der Waals surface area contributed by atoms with E-state index < -0.39 is 29.8 Å². The van der Waals surface area contributed by atoms with E-state index in [2.05, 4.69) is 31.1 Å². The Morgan fingerprint density at radius 3 is 1.42 bits per heavy atom. The molecule has 0 aliphatic rings. The Kier molecular flexibility index (Phi) is 30.3. The molecule has 72 heavy (non-hydrogen) atoms. The summed E-state index contributed by atoms with van der Waals surface area (Å²) in [5, 5.41) is 0. The van der Waals surface area contributed by atoms with Crippen molar-refractivity contribution in [3.05, 3.63) is 187 Å². The Hall–Kier alpha value is -8.59. The van der Waals surface area contributed by atoms with Crippen molar-refractivity contribution in [2.75, 3.05) is 26.4 Å². The van der Waals surface area contributed by atoms with Crippen molar-refractivity contribution < 1.29 is 71.7 Å². The molecule has 15 nitrogen and oxygen atoms in total. The fraction of sp³-hybridized carbons (Fsp3) is 0.246. The zero-order valence-corrected chi connectivity index (χ0v) is 40.8. The number of rotatable bonds is 26. The third kappa shape index (κ3) is 28.0. The highest BCUT2D eigenvalue weighted by Gasteiger charge is 2.23. The molecule has 0 aromatic heterocycles. The third-order valence-corrected chi connectivity index (χ3v) is 9.29. The van der Waals surface area contributed by atoms with Crippen molar-refractivity contribution in [1.82, 2.24) is 0 Å². The Balaban J connectivity index is 0.000000486. The highest BCUT2D eigenvalue weighted by atomic mass is 16.5. The zero-order chi connectivity index (χ0) is 53.8. The minimum absolute atomic E-state index is 0.00185. The lowest BCUT2D eigenvalue weighted by molar-refractivity contribution is -0.152. The summed E-state index contributed by atoms with van der Waals surface area (Å²) >= 11 is 0. The van der Waals surface area contributed by atoms with Crippen LogP contribution in [0.15, 0.2) is 154 Å². The summed E-state index contributed by atoms with van der Waals surface area (Å²) in [7, 11) is 0. The number of ketones is 7. The molecule has 4 aromatic carbocycles. The van der Waals surface area contributed by atoms with Crippen molar-refractivity contribution in [1.29, 1.82) is 0 Å². The standard InChI is InChI=1S/C17H14O3.C16H18O4.C15H16O4.C9H12O4/c1-2-13-8-10-15(11-9-13)17(19)20-12-16(18)14-6-4-3-5-7-14;1-3-15(18)10-14(16(19)20-11-12(2)17)9-13-7-5-4-6-8-13;1-3-14(17)9-6-12-4-7-13(8-5-12)15(18)19-10-11(2)16;1-3-8(11)4-5-9(12)13-6-7(2)10/h2-11H,1,12H2;3-8,14H,1,9-11H2,2H3;3-5,7-8H,1,6,9-10H2,2H3;3H,1,4-6H2,2H3. The van der Waals surface area contributed by atoms with Gasteiger partial charge in [0.05, 0.1) is 23.5 Å². The van der Waals surface area contributed by atoms with E-state index in [9.17, 15) is 52.7 Å². The molecule has 0 saturated heterocycles.